The molecule has 0 spiro atoms. The van der Waals surface area contributed by atoms with E-state index in [0.29, 0.717) is 19.3 Å². The van der Waals surface area contributed by atoms with Crippen molar-refractivity contribution in [3.63, 3.8) is 0 Å². The number of carbonyl (C=O) groups excluding carboxylic acids is 1. The quantitative estimate of drug-likeness (QED) is 0.475. The molecule has 0 radical (unpaired) electrons. The zero-order valence-corrected chi connectivity index (χ0v) is 16.7. The molecule has 1 heterocycles. The van der Waals surface area contributed by atoms with Crippen molar-refractivity contribution in [1.29, 1.82) is 0 Å². The molecular weight excluding hydrogens is 346 g/mol. The molecule has 0 aliphatic carbocycles. The van der Waals surface area contributed by atoms with Crippen LogP contribution >= 0.6 is 0 Å². The largest absolute Gasteiger partial charge is 0.396 e. The van der Waals surface area contributed by atoms with E-state index in [1.54, 1.807) is 0 Å². The molecule has 3 nitrogen and oxygen atoms in total. The van der Waals surface area contributed by atoms with Crippen LogP contribution in [0.5, 0.6) is 0 Å². The molecule has 3 aromatic rings. The molecule has 3 heteroatoms. The Morgan fingerprint density at radius 2 is 1.79 bits per heavy atom. The molecule has 0 saturated carbocycles. The van der Waals surface area contributed by atoms with Crippen LogP contribution in [0.25, 0.3) is 22.0 Å². The molecule has 0 atom stereocenters. The summed E-state index contributed by atoms with van der Waals surface area (Å²) in [4.78, 5) is 17.3. The van der Waals surface area contributed by atoms with E-state index in [2.05, 4.69) is 30.1 Å². The second-order valence-corrected chi connectivity index (χ2v) is 7.34. The molecule has 1 N–H and O–H groups in total. The number of pyridine rings is 1. The minimum Gasteiger partial charge on any atom is -0.396 e. The van der Waals surface area contributed by atoms with E-state index in [1.165, 1.54) is 12.8 Å². The lowest BCUT2D eigenvalue weighted by Crippen LogP contribution is -2.06. The summed E-state index contributed by atoms with van der Waals surface area (Å²) >= 11 is 0. The zero-order valence-electron chi connectivity index (χ0n) is 16.7. The summed E-state index contributed by atoms with van der Waals surface area (Å²) in [5.41, 5.74) is 5.13. The molecule has 0 aliphatic rings. The maximum atomic E-state index is 12.6. The van der Waals surface area contributed by atoms with Crippen LogP contribution < -0.4 is 0 Å². The maximum Gasteiger partial charge on any atom is 0.137 e. The molecule has 1 aromatic heterocycles. The molecule has 146 valence electrons. The highest BCUT2D eigenvalue weighted by Crippen LogP contribution is 2.33. The summed E-state index contributed by atoms with van der Waals surface area (Å²) in [6.45, 7) is 2.28. The number of nitrogens with zero attached hydrogens (tertiary/aromatic N) is 1. The SMILES string of the molecule is CCCCCCC(=O)Cc1cnc2c(CCO)cccc2c1-c1ccccc1. The predicted octanol–water partition coefficient (Wildman–Crippen LogP) is 5.52. The predicted molar refractivity (Wildman–Crippen MR) is 115 cm³/mol. The Labute approximate surface area is 167 Å². The number of hydrogen-bond acceptors (Lipinski definition) is 3. The Hall–Kier alpha value is -2.52. The summed E-state index contributed by atoms with van der Waals surface area (Å²) in [5.74, 6) is 0.279. The topological polar surface area (TPSA) is 50.2 Å². The first-order chi connectivity index (χ1) is 13.7. The van der Waals surface area contributed by atoms with E-state index in [4.69, 9.17) is 0 Å². The average Bonchev–Trinajstić information content (AvgIpc) is 2.72. The first-order valence-electron chi connectivity index (χ1n) is 10.3. The van der Waals surface area contributed by atoms with E-state index in [9.17, 15) is 9.90 Å². The summed E-state index contributed by atoms with van der Waals surface area (Å²) in [5, 5.41) is 10.4. The number of aliphatic hydroxyl groups is 1. The van der Waals surface area contributed by atoms with Crippen molar-refractivity contribution in [1.82, 2.24) is 4.98 Å². The number of unbranched alkanes of at least 4 members (excludes halogenated alkanes) is 3. The standard InChI is InChI=1S/C25H29NO2/c1-2-3-4-8-13-22(28)17-21-18-26-25-20(15-16-27)12-9-14-23(25)24(21)19-10-6-5-7-11-19/h5-7,9-12,14,18,27H,2-4,8,13,15-17H2,1H3. The normalized spacial score (nSPS) is 11.1. The Bertz CT molecular complexity index is 918. The number of fused-ring (bicyclic) bond motifs is 1. The number of hydrogen-bond donors (Lipinski definition) is 1. The number of aromatic nitrogens is 1. The number of para-hydroxylation sites is 1. The Kier molecular flexibility index (Phi) is 7.32. The van der Waals surface area contributed by atoms with Crippen LogP contribution in [0.2, 0.25) is 0 Å². The molecule has 0 aliphatic heterocycles. The first kappa shape index (κ1) is 20.2. The fraction of sp³-hybridized carbons (Fsp3) is 0.360. The van der Waals surface area contributed by atoms with Crippen molar-refractivity contribution < 1.29 is 9.90 Å². The summed E-state index contributed by atoms with van der Waals surface area (Å²) in [6, 6.07) is 16.3. The van der Waals surface area contributed by atoms with Crippen LogP contribution in [0.1, 0.15) is 50.2 Å². The third kappa shape index (κ3) is 4.85. The van der Waals surface area contributed by atoms with Crippen molar-refractivity contribution in [2.45, 2.75) is 51.9 Å². The van der Waals surface area contributed by atoms with Gasteiger partial charge >= 0.3 is 0 Å². The highest BCUT2D eigenvalue weighted by atomic mass is 16.3. The number of Topliss-reactive ketones (excluding diaryl/α,β-unsaturated/α-hetero) is 1. The molecule has 0 fully saturated rings. The molecule has 3 rings (SSSR count). The third-order valence-corrected chi connectivity index (χ3v) is 5.20. The first-order valence-corrected chi connectivity index (χ1v) is 10.3. The third-order valence-electron chi connectivity index (χ3n) is 5.20. The van der Waals surface area contributed by atoms with E-state index in [0.717, 1.165) is 46.0 Å². The van der Waals surface area contributed by atoms with Gasteiger partial charge in [-0.15, -0.1) is 0 Å². The van der Waals surface area contributed by atoms with Crippen molar-refractivity contribution in [3.8, 4) is 11.1 Å². The van der Waals surface area contributed by atoms with E-state index >= 15 is 0 Å². The van der Waals surface area contributed by atoms with Crippen molar-refractivity contribution in [2.24, 2.45) is 0 Å². The van der Waals surface area contributed by atoms with Crippen LogP contribution in [0.3, 0.4) is 0 Å². The second kappa shape index (κ2) is 10.1. The molecule has 0 saturated heterocycles. The number of carbonyl (C=O) groups is 1. The molecule has 2 aromatic carbocycles. The minimum atomic E-state index is 0.0967. The summed E-state index contributed by atoms with van der Waals surface area (Å²) in [7, 11) is 0. The summed E-state index contributed by atoms with van der Waals surface area (Å²) in [6.07, 6.45) is 7.94. The van der Waals surface area contributed by atoms with Gasteiger partial charge in [-0.2, -0.15) is 0 Å². The van der Waals surface area contributed by atoms with Crippen molar-refractivity contribution >= 4 is 16.7 Å². The fourth-order valence-corrected chi connectivity index (χ4v) is 3.78. The Morgan fingerprint density at radius 3 is 2.54 bits per heavy atom. The van der Waals surface area contributed by atoms with Gasteiger partial charge in [0.2, 0.25) is 0 Å². The van der Waals surface area contributed by atoms with Crippen LogP contribution in [0.4, 0.5) is 0 Å². The van der Waals surface area contributed by atoms with Gasteiger partial charge in [-0.3, -0.25) is 9.78 Å². The Balaban J connectivity index is 1.99. The zero-order chi connectivity index (χ0) is 19.8. The van der Waals surface area contributed by atoms with Crippen LogP contribution in [-0.2, 0) is 17.6 Å². The molecule has 28 heavy (non-hydrogen) atoms. The van der Waals surface area contributed by atoms with Crippen molar-refractivity contribution in [3.05, 3.63) is 65.9 Å². The Morgan fingerprint density at radius 1 is 0.964 bits per heavy atom. The average molecular weight is 376 g/mol. The van der Waals surface area contributed by atoms with Gasteiger partial charge in [0.05, 0.1) is 5.52 Å². The van der Waals surface area contributed by atoms with Gasteiger partial charge in [-0.25, -0.2) is 0 Å². The van der Waals surface area contributed by atoms with Crippen LogP contribution in [0.15, 0.2) is 54.7 Å². The van der Waals surface area contributed by atoms with Crippen molar-refractivity contribution in [2.75, 3.05) is 6.61 Å². The molecule has 0 unspecified atom stereocenters. The van der Waals surface area contributed by atoms with Gasteiger partial charge in [0.15, 0.2) is 0 Å². The lowest BCUT2D eigenvalue weighted by Gasteiger charge is -2.14. The lowest BCUT2D eigenvalue weighted by atomic mass is 9.91. The molecular formula is C25H29NO2. The summed E-state index contributed by atoms with van der Waals surface area (Å²) < 4.78 is 0. The fourth-order valence-electron chi connectivity index (χ4n) is 3.78. The van der Waals surface area contributed by atoms with Crippen LogP contribution in [0, 0.1) is 0 Å². The maximum absolute atomic E-state index is 12.6. The number of rotatable bonds is 10. The van der Waals surface area contributed by atoms with Gasteiger partial charge in [0.25, 0.3) is 0 Å². The number of aliphatic hydroxyl groups excluding tert-OH is 1. The molecule has 0 bridgehead atoms. The number of ketones is 1. The highest BCUT2D eigenvalue weighted by molar-refractivity contribution is 5.99. The van der Waals surface area contributed by atoms with Gasteiger partial charge in [-0.05, 0) is 35.1 Å². The van der Waals surface area contributed by atoms with Gasteiger partial charge in [-0.1, -0.05) is 74.7 Å². The molecule has 0 amide bonds. The second-order valence-electron chi connectivity index (χ2n) is 7.34. The van der Waals surface area contributed by atoms with Crippen LogP contribution in [-0.4, -0.2) is 22.5 Å². The van der Waals surface area contributed by atoms with Gasteiger partial charge in [0.1, 0.15) is 5.78 Å². The van der Waals surface area contributed by atoms with E-state index in [1.807, 2.05) is 36.5 Å². The number of benzene rings is 2. The van der Waals surface area contributed by atoms with E-state index in [-0.39, 0.29) is 12.4 Å². The minimum absolute atomic E-state index is 0.0967. The monoisotopic (exact) mass is 375 g/mol. The lowest BCUT2D eigenvalue weighted by molar-refractivity contribution is -0.118. The van der Waals surface area contributed by atoms with Gasteiger partial charge < -0.3 is 5.11 Å². The van der Waals surface area contributed by atoms with E-state index < -0.39 is 0 Å². The highest BCUT2D eigenvalue weighted by Gasteiger charge is 2.15. The smallest absolute Gasteiger partial charge is 0.137 e. The van der Waals surface area contributed by atoms with Gasteiger partial charge in [0, 0.05) is 31.0 Å².